The molecule has 4 rings (SSSR count). The fraction of sp³-hybridized carbons (Fsp3) is 0.632. The molecule has 1 saturated carbocycles. The molecular weight excluding hydrogens is 430 g/mol. The number of fused-ring (bicyclic) bond motifs is 1. The molecule has 0 radical (unpaired) electrons. The maximum atomic E-state index is 13.5. The number of amides is 1. The van der Waals surface area contributed by atoms with Gasteiger partial charge in [0.25, 0.3) is 0 Å². The van der Waals surface area contributed by atoms with Gasteiger partial charge in [-0.05, 0) is 49.8 Å². The van der Waals surface area contributed by atoms with Gasteiger partial charge in [-0.25, -0.2) is 8.42 Å². The van der Waals surface area contributed by atoms with Crippen LogP contribution in [0.4, 0.5) is 5.69 Å². The van der Waals surface area contributed by atoms with E-state index in [1.807, 2.05) is 6.07 Å². The summed E-state index contributed by atoms with van der Waals surface area (Å²) in [6.07, 6.45) is 5.85. The highest BCUT2D eigenvalue weighted by Crippen LogP contribution is 2.38. The first-order valence-electron chi connectivity index (χ1n) is 9.83. The van der Waals surface area contributed by atoms with E-state index in [0.717, 1.165) is 23.1 Å². The highest BCUT2D eigenvalue weighted by molar-refractivity contribution is 9.10. The van der Waals surface area contributed by atoms with E-state index in [4.69, 9.17) is 0 Å². The Morgan fingerprint density at radius 3 is 2.44 bits per heavy atom. The number of hydrogen-bond donors (Lipinski definition) is 1. The normalized spacial score (nSPS) is 22.4. The van der Waals surface area contributed by atoms with E-state index in [9.17, 15) is 13.2 Å². The standard InChI is InChI=1S/C19H26BrN3O3S/c1-14(24)23-7-6-15-12-16(20)13-18(19(15)23)27(25,26)22-10-8-21(9-11-22)17-4-2-3-5-17/h12-13,17H,2-11H2,1H3/p+1. The van der Waals surface area contributed by atoms with Gasteiger partial charge in [0.15, 0.2) is 0 Å². The lowest BCUT2D eigenvalue weighted by Crippen LogP contribution is -3.18. The predicted molar refractivity (Wildman–Crippen MR) is 108 cm³/mol. The fourth-order valence-electron chi connectivity index (χ4n) is 4.88. The van der Waals surface area contributed by atoms with Crippen molar-refractivity contribution in [2.75, 3.05) is 37.6 Å². The number of nitrogens with zero attached hydrogens (tertiary/aromatic N) is 2. The monoisotopic (exact) mass is 456 g/mol. The molecule has 2 heterocycles. The molecule has 0 unspecified atom stereocenters. The molecule has 6 nitrogen and oxygen atoms in total. The molecule has 0 spiro atoms. The molecule has 2 aliphatic heterocycles. The second kappa shape index (κ2) is 7.46. The molecule has 1 aliphatic carbocycles. The number of piperazine rings is 1. The lowest BCUT2D eigenvalue weighted by Gasteiger charge is -2.35. The van der Waals surface area contributed by atoms with Gasteiger partial charge in [0.2, 0.25) is 15.9 Å². The summed E-state index contributed by atoms with van der Waals surface area (Å²) in [5.74, 6) is -0.108. The number of sulfonamides is 1. The molecular formula is C19H27BrN3O3S+. The second-order valence-electron chi connectivity index (χ2n) is 7.88. The van der Waals surface area contributed by atoms with Crippen LogP contribution in [0.1, 0.15) is 38.2 Å². The van der Waals surface area contributed by atoms with Gasteiger partial charge in [0.1, 0.15) is 4.90 Å². The molecule has 1 aromatic carbocycles. The predicted octanol–water partition coefficient (Wildman–Crippen LogP) is 1.19. The van der Waals surface area contributed by atoms with Crippen molar-refractivity contribution < 1.29 is 18.1 Å². The van der Waals surface area contributed by atoms with Crippen LogP contribution in [0.2, 0.25) is 0 Å². The zero-order chi connectivity index (χ0) is 19.2. The summed E-state index contributed by atoms with van der Waals surface area (Å²) >= 11 is 3.45. The van der Waals surface area contributed by atoms with Gasteiger partial charge < -0.3 is 9.80 Å². The molecule has 27 heavy (non-hydrogen) atoms. The molecule has 0 aromatic heterocycles. The number of benzene rings is 1. The molecule has 1 aromatic rings. The van der Waals surface area contributed by atoms with Gasteiger partial charge in [-0.2, -0.15) is 4.31 Å². The molecule has 3 aliphatic rings. The lowest BCUT2D eigenvalue weighted by molar-refractivity contribution is -0.928. The Kier molecular flexibility index (Phi) is 5.35. The first-order chi connectivity index (χ1) is 12.9. The Hall–Kier alpha value is -0.960. The number of quaternary nitrogens is 1. The molecule has 148 valence electrons. The first kappa shape index (κ1) is 19.4. The molecule has 0 atom stereocenters. The topological polar surface area (TPSA) is 62.1 Å². The first-order valence-corrected chi connectivity index (χ1v) is 12.1. The minimum absolute atomic E-state index is 0.108. The largest absolute Gasteiger partial charge is 0.330 e. The quantitative estimate of drug-likeness (QED) is 0.742. The van der Waals surface area contributed by atoms with Crippen molar-refractivity contribution in [3.63, 3.8) is 0 Å². The van der Waals surface area contributed by atoms with Crippen molar-refractivity contribution in [3.8, 4) is 0 Å². The summed E-state index contributed by atoms with van der Waals surface area (Å²) in [6.45, 7) is 4.89. The van der Waals surface area contributed by atoms with E-state index in [1.54, 1.807) is 20.2 Å². The van der Waals surface area contributed by atoms with Crippen molar-refractivity contribution in [1.82, 2.24) is 4.31 Å². The van der Waals surface area contributed by atoms with Gasteiger partial charge in [-0.15, -0.1) is 0 Å². The van der Waals surface area contributed by atoms with Gasteiger partial charge in [0, 0.05) is 17.9 Å². The molecule has 1 amide bonds. The Bertz CT molecular complexity index is 844. The number of carbonyl (C=O) groups excluding carboxylic acids is 1. The number of rotatable bonds is 3. The summed E-state index contributed by atoms with van der Waals surface area (Å²) in [7, 11) is -3.63. The van der Waals surface area contributed by atoms with Crippen LogP contribution in [0.5, 0.6) is 0 Å². The van der Waals surface area contributed by atoms with Crippen LogP contribution in [-0.4, -0.2) is 57.4 Å². The number of nitrogens with one attached hydrogen (secondary N) is 1. The second-order valence-corrected chi connectivity index (χ2v) is 10.7. The third-order valence-corrected chi connectivity index (χ3v) is 8.66. The van der Waals surface area contributed by atoms with Crippen molar-refractivity contribution in [2.45, 2.75) is 50.0 Å². The lowest BCUT2D eigenvalue weighted by atomic mass is 10.2. The van der Waals surface area contributed by atoms with Crippen molar-refractivity contribution in [1.29, 1.82) is 0 Å². The molecule has 2 fully saturated rings. The van der Waals surface area contributed by atoms with Crippen LogP contribution >= 0.6 is 15.9 Å². The molecule has 1 N–H and O–H groups in total. The number of carbonyl (C=O) groups is 1. The SMILES string of the molecule is CC(=O)N1CCc2cc(Br)cc(S(=O)(=O)N3CC[NH+](C4CCCC4)CC3)c21. The molecule has 8 heteroatoms. The Morgan fingerprint density at radius 1 is 1.15 bits per heavy atom. The fourth-order valence-corrected chi connectivity index (χ4v) is 7.24. The van der Waals surface area contributed by atoms with E-state index in [0.29, 0.717) is 37.8 Å². The maximum Gasteiger partial charge on any atom is 0.245 e. The van der Waals surface area contributed by atoms with Gasteiger partial charge >= 0.3 is 0 Å². The third-order valence-electron chi connectivity index (χ3n) is 6.29. The Labute approximate surface area is 169 Å². The van der Waals surface area contributed by atoms with E-state index >= 15 is 0 Å². The minimum Gasteiger partial charge on any atom is -0.330 e. The minimum atomic E-state index is -3.63. The van der Waals surface area contributed by atoms with Gasteiger partial charge in [0.05, 0.1) is 37.9 Å². The van der Waals surface area contributed by atoms with E-state index in [-0.39, 0.29) is 10.8 Å². The average molecular weight is 457 g/mol. The van der Waals surface area contributed by atoms with E-state index < -0.39 is 10.0 Å². The smallest absolute Gasteiger partial charge is 0.245 e. The Balaban J connectivity index is 1.61. The summed E-state index contributed by atoms with van der Waals surface area (Å²) < 4.78 is 29.3. The van der Waals surface area contributed by atoms with E-state index in [2.05, 4.69) is 15.9 Å². The van der Waals surface area contributed by atoms with Crippen LogP contribution in [0, 0.1) is 0 Å². The van der Waals surface area contributed by atoms with Crippen molar-refractivity contribution in [3.05, 3.63) is 22.2 Å². The molecule has 0 bridgehead atoms. The van der Waals surface area contributed by atoms with E-state index in [1.165, 1.54) is 32.6 Å². The average Bonchev–Trinajstić information content (AvgIpc) is 3.30. The maximum absolute atomic E-state index is 13.5. The summed E-state index contributed by atoms with van der Waals surface area (Å²) in [5, 5.41) is 0. The number of anilines is 1. The number of halogens is 1. The summed E-state index contributed by atoms with van der Waals surface area (Å²) in [4.78, 5) is 15.5. The zero-order valence-electron chi connectivity index (χ0n) is 15.7. The van der Waals surface area contributed by atoms with Crippen molar-refractivity contribution in [2.24, 2.45) is 0 Å². The Morgan fingerprint density at radius 2 is 1.81 bits per heavy atom. The summed E-state index contributed by atoms with van der Waals surface area (Å²) in [6, 6.07) is 4.30. The zero-order valence-corrected chi connectivity index (χ0v) is 18.1. The van der Waals surface area contributed by atoms with Crippen LogP contribution in [-0.2, 0) is 21.2 Å². The van der Waals surface area contributed by atoms with Gasteiger partial charge in [-0.1, -0.05) is 15.9 Å². The van der Waals surface area contributed by atoms with Crippen LogP contribution < -0.4 is 9.80 Å². The van der Waals surface area contributed by atoms with Crippen molar-refractivity contribution >= 4 is 37.5 Å². The molecule has 1 saturated heterocycles. The third kappa shape index (κ3) is 3.57. The highest BCUT2D eigenvalue weighted by atomic mass is 79.9. The van der Waals surface area contributed by atoms with Crippen LogP contribution in [0.15, 0.2) is 21.5 Å². The number of hydrogen-bond acceptors (Lipinski definition) is 3. The van der Waals surface area contributed by atoms with Crippen LogP contribution in [0.3, 0.4) is 0 Å². The summed E-state index contributed by atoms with van der Waals surface area (Å²) in [5.41, 5.74) is 1.50. The highest BCUT2D eigenvalue weighted by Gasteiger charge is 2.38. The van der Waals surface area contributed by atoms with Crippen LogP contribution in [0.25, 0.3) is 0 Å². The van der Waals surface area contributed by atoms with Gasteiger partial charge in [-0.3, -0.25) is 4.79 Å².